The van der Waals surface area contributed by atoms with Gasteiger partial charge < -0.3 is 0 Å². The van der Waals surface area contributed by atoms with Gasteiger partial charge in [0.1, 0.15) is 11.1 Å². The molecule has 4 rings (SSSR count). The van der Waals surface area contributed by atoms with Crippen molar-refractivity contribution in [3.63, 3.8) is 0 Å². The smallest absolute Gasteiger partial charge is 0.134 e. The zero-order chi connectivity index (χ0) is 16.5. The van der Waals surface area contributed by atoms with E-state index in [-0.39, 0.29) is 0 Å². The average Bonchev–Trinajstić information content (AvgIpc) is 3.30. The lowest BCUT2D eigenvalue weighted by molar-refractivity contribution is 0.507. The third kappa shape index (κ3) is 2.98. The maximum Gasteiger partial charge on any atom is 0.134 e. The van der Waals surface area contributed by atoms with Crippen LogP contribution in [-0.4, -0.2) is 6.21 Å². The molecule has 1 atom stereocenters. The van der Waals surface area contributed by atoms with Crippen LogP contribution in [0.15, 0.2) is 34.6 Å². The molecule has 3 heterocycles. The quantitative estimate of drug-likeness (QED) is 0.501. The van der Waals surface area contributed by atoms with Crippen molar-refractivity contribution in [1.82, 2.24) is 0 Å². The standard InChI is InChI=1S/C19H16N2S3/c1-12-4-6-14-15(10-20)19(24-18(14)9-12)21-11-13-5-7-17(23-13)16-3-2-8-22-16/h2-3,5,7-8,11-12H,4,6,9H2,1H3/t12-/m1/s1. The van der Waals surface area contributed by atoms with Crippen LogP contribution in [0.3, 0.4) is 0 Å². The molecule has 24 heavy (non-hydrogen) atoms. The van der Waals surface area contributed by atoms with E-state index in [4.69, 9.17) is 0 Å². The highest BCUT2D eigenvalue weighted by atomic mass is 32.1. The van der Waals surface area contributed by atoms with Gasteiger partial charge in [0.15, 0.2) is 0 Å². The summed E-state index contributed by atoms with van der Waals surface area (Å²) in [5.41, 5.74) is 2.05. The first-order valence-electron chi connectivity index (χ1n) is 7.97. The fraction of sp³-hybridized carbons (Fsp3) is 0.263. The summed E-state index contributed by atoms with van der Waals surface area (Å²) < 4.78 is 0. The molecule has 5 heteroatoms. The molecule has 2 nitrogen and oxygen atoms in total. The highest BCUT2D eigenvalue weighted by molar-refractivity contribution is 7.22. The Morgan fingerprint density at radius 1 is 1.25 bits per heavy atom. The maximum absolute atomic E-state index is 9.54. The van der Waals surface area contributed by atoms with Gasteiger partial charge in [0, 0.05) is 25.7 Å². The first kappa shape index (κ1) is 15.8. The number of rotatable bonds is 3. The summed E-state index contributed by atoms with van der Waals surface area (Å²) >= 11 is 5.19. The fourth-order valence-corrected chi connectivity index (χ4v) is 6.06. The van der Waals surface area contributed by atoms with E-state index in [2.05, 4.69) is 47.6 Å². The third-order valence-electron chi connectivity index (χ3n) is 4.30. The van der Waals surface area contributed by atoms with Crippen LogP contribution in [0.25, 0.3) is 9.75 Å². The number of nitrogens with zero attached hydrogens (tertiary/aromatic N) is 2. The van der Waals surface area contributed by atoms with Crippen LogP contribution in [0.4, 0.5) is 5.00 Å². The molecule has 0 N–H and O–H groups in total. The number of nitriles is 1. The van der Waals surface area contributed by atoms with Gasteiger partial charge in [-0.05, 0) is 54.3 Å². The molecular formula is C19H16N2S3. The Labute approximate surface area is 153 Å². The van der Waals surface area contributed by atoms with Crippen LogP contribution in [0.5, 0.6) is 0 Å². The molecular weight excluding hydrogens is 352 g/mol. The molecule has 1 aliphatic carbocycles. The van der Waals surface area contributed by atoms with Gasteiger partial charge >= 0.3 is 0 Å². The van der Waals surface area contributed by atoms with Crippen molar-refractivity contribution < 1.29 is 0 Å². The second-order valence-electron chi connectivity index (χ2n) is 6.08. The van der Waals surface area contributed by atoms with Crippen molar-refractivity contribution >= 4 is 45.2 Å². The Morgan fingerprint density at radius 2 is 2.17 bits per heavy atom. The summed E-state index contributed by atoms with van der Waals surface area (Å²) in [5, 5.41) is 12.5. The summed E-state index contributed by atoms with van der Waals surface area (Å²) in [5.74, 6) is 0.713. The minimum absolute atomic E-state index is 0.713. The summed E-state index contributed by atoms with van der Waals surface area (Å²) in [7, 11) is 0. The van der Waals surface area contributed by atoms with Crippen molar-refractivity contribution in [2.45, 2.75) is 26.2 Å². The molecule has 3 aromatic rings. The Balaban J connectivity index is 1.62. The SMILES string of the molecule is C[C@@H]1CCc2c(sc(N=Cc3ccc(-c4cccs4)s3)c2C#N)C1. The van der Waals surface area contributed by atoms with Gasteiger partial charge in [-0.2, -0.15) is 5.26 Å². The molecule has 0 saturated heterocycles. The van der Waals surface area contributed by atoms with Crippen molar-refractivity contribution in [2.24, 2.45) is 10.9 Å². The van der Waals surface area contributed by atoms with Crippen molar-refractivity contribution in [1.29, 1.82) is 5.26 Å². The number of thiophene rings is 3. The Morgan fingerprint density at radius 3 is 2.96 bits per heavy atom. The van der Waals surface area contributed by atoms with Crippen molar-refractivity contribution in [3.8, 4) is 15.8 Å². The van der Waals surface area contributed by atoms with Crippen LogP contribution < -0.4 is 0 Å². The first-order valence-corrected chi connectivity index (χ1v) is 10.5. The first-order chi connectivity index (χ1) is 11.7. The highest BCUT2D eigenvalue weighted by Crippen LogP contribution is 2.41. The molecule has 0 aliphatic heterocycles. The van der Waals surface area contributed by atoms with Gasteiger partial charge in [-0.25, -0.2) is 4.99 Å². The lowest BCUT2D eigenvalue weighted by Crippen LogP contribution is -2.09. The zero-order valence-electron chi connectivity index (χ0n) is 13.3. The second kappa shape index (κ2) is 6.64. The van der Waals surface area contributed by atoms with Gasteiger partial charge in [-0.3, -0.25) is 0 Å². The largest absolute Gasteiger partial charge is 0.243 e. The van der Waals surface area contributed by atoms with Crippen LogP contribution in [0.1, 0.15) is 34.2 Å². The van der Waals surface area contributed by atoms with Crippen molar-refractivity contribution in [2.75, 3.05) is 0 Å². The van der Waals surface area contributed by atoms with E-state index in [1.165, 1.54) is 26.6 Å². The van der Waals surface area contributed by atoms with E-state index in [1.807, 2.05) is 6.21 Å². The normalized spacial score (nSPS) is 17.1. The number of fused-ring (bicyclic) bond motifs is 1. The van der Waals surface area contributed by atoms with Crippen molar-refractivity contribution in [3.05, 3.63) is 50.5 Å². The van der Waals surface area contributed by atoms with E-state index >= 15 is 0 Å². The molecule has 0 unspecified atom stereocenters. The molecule has 0 saturated carbocycles. The Kier molecular flexibility index (Phi) is 4.36. The monoisotopic (exact) mass is 368 g/mol. The molecule has 0 radical (unpaired) electrons. The van der Waals surface area contributed by atoms with E-state index in [0.29, 0.717) is 5.92 Å². The fourth-order valence-electron chi connectivity index (χ4n) is 3.04. The number of aliphatic imine (C=N–C) groups is 1. The minimum Gasteiger partial charge on any atom is -0.243 e. The molecule has 0 fully saturated rings. The second-order valence-corrected chi connectivity index (χ2v) is 9.23. The zero-order valence-corrected chi connectivity index (χ0v) is 15.7. The molecule has 3 aromatic heterocycles. The Bertz CT molecular complexity index is 923. The third-order valence-corrected chi connectivity index (χ3v) is 7.55. The van der Waals surface area contributed by atoms with Crippen LogP contribution >= 0.6 is 34.0 Å². The highest BCUT2D eigenvalue weighted by Gasteiger charge is 2.23. The lowest BCUT2D eigenvalue weighted by Gasteiger charge is -2.17. The molecule has 0 spiro atoms. The van der Waals surface area contributed by atoms with E-state index in [9.17, 15) is 5.26 Å². The van der Waals surface area contributed by atoms with Crippen LogP contribution in [0.2, 0.25) is 0 Å². The summed E-state index contributed by atoms with van der Waals surface area (Å²) in [4.78, 5) is 9.71. The lowest BCUT2D eigenvalue weighted by atomic mass is 9.89. The topological polar surface area (TPSA) is 36.1 Å². The molecule has 120 valence electrons. The number of hydrogen-bond acceptors (Lipinski definition) is 5. The van der Waals surface area contributed by atoms with E-state index in [0.717, 1.165) is 28.3 Å². The van der Waals surface area contributed by atoms with E-state index in [1.54, 1.807) is 34.0 Å². The van der Waals surface area contributed by atoms with Gasteiger partial charge in [-0.15, -0.1) is 34.0 Å². The Hall–Kier alpha value is -1.74. The summed E-state index contributed by atoms with van der Waals surface area (Å²) in [6, 6.07) is 10.8. The average molecular weight is 369 g/mol. The molecule has 1 aliphatic rings. The van der Waals surface area contributed by atoms with Crippen LogP contribution in [-0.2, 0) is 12.8 Å². The predicted molar refractivity (Wildman–Crippen MR) is 105 cm³/mol. The van der Waals surface area contributed by atoms with Gasteiger partial charge in [0.25, 0.3) is 0 Å². The number of hydrogen-bond donors (Lipinski definition) is 0. The van der Waals surface area contributed by atoms with Gasteiger partial charge in [0.2, 0.25) is 0 Å². The predicted octanol–water partition coefficient (Wildman–Crippen LogP) is 6.29. The van der Waals surface area contributed by atoms with Gasteiger partial charge in [-0.1, -0.05) is 13.0 Å². The van der Waals surface area contributed by atoms with E-state index < -0.39 is 0 Å². The molecule has 0 aromatic carbocycles. The summed E-state index contributed by atoms with van der Waals surface area (Å²) in [6.07, 6.45) is 5.19. The minimum atomic E-state index is 0.713. The maximum atomic E-state index is 9.54. The molecule has 0 bridgehead atoms. The molecule has 0 amide bonds. The summed E-state index contributed by atoms with van der Waals surface area (Å²) in [6.45, 7) is 2.29. The van der Waals surface area contributed by atoms with Crippen LogP contribution in [0, 0.1) is 17.2 Å². The van der Waals surface area contributed by atoms with Gasteiger partial charge in [0.05, 0.1) is 5.56 Å².